The van der Waals surface area contributed by atoms with Gasteiger partial charge in [-0.3, -0.25) is 4.79 Å². The first-order valence-corrected chi connectivity index (χ1v) is 4.38. The number of aliphatic hydroxyl groups excluding tert-OH is 1. The quantitative estimate of drug-likeness (QED) is 0.612. The van der Waals surface area contributed by atoms with Gasteiger partial charge in [-0.25, -0.2) is 0 Å². The molecule has 0 radical (unpaired) electrons. The van der Waals surface area contributed by atoms with Gasteiger partial charge in [0.2, 0.25) is 5.91 Å². The van der Waals surface area contributed by atoms with Crippen molar-refractivity contribution in [3.63, 3.8) is 0 Å². The van der Waals surface area contributed by atoms with Crippen LogP contribution in [-0.4, -0.2) is 23.7 Å². The molecule has 4 nitrogen and oxygen atoms in total. The Morgan fingerprint density at radius 1 is 1.36 bits per heavy atom. The Bertz CT molecular complexity index is 308. The number of carbonyl (C=O) groups excluding carboxylic acids is 1. The lowest BCUT2D eigenvalue weighted by atomic mass is 10.1. The van der Waals surface area contributed by atoms with Crippen molar-refractivity contribution in [3.8, 4) is 0 Å². The predicted molar refractivity (Wildman–Crippen MR) is 53.7 cm³/mol. The molecule has 0 aromatic heterocycles. The average Bonchev–Trinajstić information content (AvgIpc) is 2.18. The van der Waals surface area contributed by atoms with E-state index in [9.17, 15) is 4.79 Å². The molecular formula is C10H14N2O2. The Hall–Kier alpha value is -1.39. The van der Waals surface area contributed by atoms with E-state index in [1.165, 1.54) is 0 Å². The molecule has 0 aliphatic carbocycles. The van der Waals surface area contributed by atoms with E-state index in [1.54, 1.807) is 24.3 Å². The van der Waals surface area contributed by atoms with E-state index in [0.29, 0.717) is 12.0 Å². The van der Waals surface area contributed by atoms with Crippen molar-refractivity contribution >= 4 is 5.91 Å². The summed E-state index contributed by atoms with van der Waals surface area (Å²) in [6.07, 6.45) is 0.593. The number of primary amides is 1. The normalized spacial score (nSPS) is 12.4. The first-order chi connectivity index (χ1) is 6.63. The number of nitrogens with two attached hydrogens (primary N) is 2. The van der Waals surface area contributed by atoms with Gasteiger partial charge in [-0.15, -0.1) is 0 Å². The highest BCUT2D eigenvalue weighted by Crippen LogP contribution is 2.05. The fourth-order valence-corrected chi connectivity index (χ4v) is 1.17. The van der Waals surface area contributed by atoms with E-state index in [0.717, 1.165) is 5.56 Å². The number of benzene rings is 1. The first-order valence-electron chi connectivity index (χ1n) is 4.38. The summed E-state index contributed by atoms with van der Waals surface area (Å²) in [6, 6.07) is 6.63. The summed E-state index contributed by atoms with van der Waals surface area (Å²) in [5.74, 6) is -0.442. The van der Waals surface area contributed by atoms with E-state index in [4.69, 9.17) is 16.6 Å². The Balaban J connectivity index is 2.68. The van der Waals surface area contributed by atoms with Crippen LogP contribution < -0.4 is 11.5 Å². The van der Waals surface area contributed by atoms with Gasteiger partial charge in [-0.05, 0) is 24.1 Å². The zero-order valence-corrected chi connectivity index (χ0v) is 7.81. The summed E-state index contributed by atoms with van der Waals surface area (Å²) >= 11 is 0. The van der Waals surface area contributed by atoms with Crippen molar-refractivity contribution in [3.05, 3.63) is 35.4 Å². The third-order valence-corrected chi connectivity index (χ3v) is 1.97. The molecule has 1 unspecified atom stereocenters. The van der Waals surface area contributed by atoms with Crippen molar-refractivity contribution < 1.29 is 9.90 Å². The molecule has 0 fully saturated rings. The fourth-order valence-electron chi connectivity index (χ4n) is 1.17. The van der Waals surface area contributed by atoms with Crippen LogP contribution in [0.3, 0.4) is 0 Å². The molecule has 1 rings (SSSR count). The molecule has 0 heterocycles. The average molecular weight is 194 g/mol. The zero-order valence-electron chi connectivity index (χ0n) is 7.81. The van der Waals surface area contributed by atoms with E-state index < -0.39 is 5.91 Å². The number of rotatable bonds is 4. The number of aliphatic hydroxyl groups is 1. The number of carbonyl (C=O) groups is 1. The smallest absolute Gasteiger partial charge is 0.248 e. The minimum Gasteiger partial charge on any atom is -0.395 e. The van der Waals surface area contributed by atoms with Crippen LogP contribution >= 0.6 is 0 Å². The van der Waals surface area contributed by atoms with Crippen LogP contribution in [0.1, 0.15) is 15.9 Å². The highest BCUT2D eigenvalue weighted by Gasteiger charge is 2.03. The van der Waals surface area contributed by atoms with Gasteiger partial charge in [-0.1, -0.05) is 12.1 Å². The summed E-state index contributed by atoms with van der Waals surface area (Å²) < 4.78 is 0. The SMILES string of the molecule is NC(=O)c1ccc(CC(N)CO)cc1. The van der Waals surface area contributed by atoms with E-state index in [-0.39, 0.29) is 12.6 Å². The monoisotopic (exact) mass is 194 g/mol. The topological polar surface area (TPSA) is 89.3 Å². The Labute approximate surface area is 82.5 Å². The highest BCUT2D eigenvalue weighted by molar-refractivity contribution is 5.92. The summed E-state index contributed by atoms with van der Waals surface area (Å²) in [6.45, 7) is -0.0441. The van der Waals surface area contributed by atoms with Gasteiger partial charge in [0.1, 0.15) is 0 Å². The Morgan fingerprint density at radius 2 is 1.93 bits per heavy atom. The summed E-state index contributed by atoms with van der Waals surface area (Å²) in [7, 11) is 0. The van der Waals surface area contributed by atoms with Gasteiger partial charge in [0.25, 0.3) is 0 Å². The molecule has 14 heavy (non-hydrogen) atoms. The molecule has 5 N–H and O–H groups in total. The lowest BCUT2D eigenvalue weighted by molar-refractivity contribution is 0.100. The minimum absolute atomic E-state index is 0.0441. The van der Waals surface area contributed by atoms with Gasteiger partial charge >= 0.3 is 0 Å². The Kier molecular flexibility index (Phi) is 3.62. The number of amides is 1. The standard InChI is InChI=1S/C10H14N2O2/c11-9(6-13)5-7-1-3-8(4-2-7)10(12)14/h1-4,9,13H,5-6,11H2,(H2,12,14). The summed E-state index contributed by atoms with van der Waals surface area (Å²) in [5, 5.41) is 8.74. The van der Waals surface area contributed by atoms with Crippen molar-refractivity contribution in [2.24, 2.45) is 11.5 Å². The third-order valence-electron chi connectivity index (χ3n) is 1.97. The lowest BCUT2D eigenvalue weighted by Gasteiger charge is -2.07. The van der Waals surface area contributed by atoms with E-state index in [1.807, 2.05) is 0 Å². The maximum absolute atomic E-state index is 10.7. The zero-order chi connectivity index (χ0) is 10.6. The van der Waals surface area contributed by atoms with Crippen LogP contribution in [0.5, 0.6) is 0 Å². The van der Waals surface area contributed by atoms with Gasteiger partial charge in [-0.2, -0.15) is 0 Å². The molecule has 1 aromatic carbocycles. The van der Waals surface area contributed by atoms with Crippen LogP contribution in [0.4, 0.5) is 0 Å². The largest absolute Gasteiger partial charge is 0.395 e. The number of hydrogen-bond donors (Lipinski definition) is 3. The minimum atomic E-state index is -0.442. The van der Waals surface area contributed by atoms with Gasteiger partial charge in [0.15, 0.2) is 0 Å². The Morgan fingerprint density at radius 3 is 2.36 bits per heavy atom. The molecule has 76 valence electrons. The second kappa shape index (κ2) is 4.74. The summed E-state index contributed by atoms with van der Waals surface area (Å²) in [5.41, 5.74) is 12.1. The van der Waals surface area contributed by atoms with Crippen LogP contribution in [0.2, 0.25) is 0 Å². The van der Waals surface area contributed by atoms with Gasteiger partial charge in [0.05, 0.1) is 6.61 Å². The third kappa shape index (κ3) is 2.83. The second-order valence-corrected chi connectivity index (χ2v) is 3.21. The van der Waals surface area contributed by atoms with Crippen molar-refractivity contribution in [2.75, 3.05) is 6.61 Å². The highest BCUT2D eigenvalue weighted by atomic mass is 16.3. The molecule has 0 saturated heterocycles. The molecule has 0 aliphatic heterocycles. The van der Waals surface area contributed by atoms with E-state index >= 15 is 0 Å². The summed E-state index contributed by atoms with van der Waals surface area (Å²) in [4.78, 5) is 10.7. The molecule has 0 saturated carbocycles. The van der Waals surface area contributed by atoms with Gasteiger partial charge < -0.3 is 16.6 Å². The van der Waals surface area contributed by atoms with Crippen LogP contribution in [-0.2, 0) is 6.42 Å². The van der Waals surface area contributed by atoms with Crippen LogP contribution in [0.15, 0.2) is 24.3 Å². The molecule has 0 bridgehead atoms. The molecule has 1 amide bonds. The van der Waals surface area contributed by atoms with E-state index in [2.05, 4.69) is 0 Å². The second-order valence-electron chi connectivity index (χ2n) is 3.21. The van der Waals surface area contributed by atoms with Gasteiger partial charge in [0, 0.05) is 11.6 Å². The fraction of sp³-hybridized carbons (Fsp3) is 0.300. The van der Waals surface area contributed by atoms with Crippen LogP contribution in [0.25, 0.3) is 0 Å². The molecular weight excluding hydrogens is 180 g/mol. The first kappa shape index (κ1) is 10.7. The van der Waals surface area contributed by atoms with Crippen molar-refractivity contribution in [2.45, 2.75) is 12.5 Å². The maximum atomic E-state index is 10.7. The molecule has 0 spiro atoms. The molecule has 0 aliphatic rings. The van der Waals surface area contributed by atoms with Crippen molar-refractivity contribution in [1.29, 1.82) is 0 Å². The maximum Gasteiger partial charge on any atom is 0.248 e. The molecule has 1 atom stereocenters. The number of hydrogen-bond acceptors (Lipinski definition) is 3. The predicted octanol–water partition coefficient (Wildman–Crippen LogP) is -0.352. The van der Waals surface area contributed by atoms with Crippen molar-refractivity contribution in [1.82, 2.24) is 0 Å². The molecule has 1 aromatic rings. The molecule has 4 heteroatoms. The van der Waals surface area contributed by atoms with Crippen LogP contribution in [0, 0.1) is 0 Å². The lowest BCUT2D eigenvalue weighted by Crippen LogP contribution is -2.26.